The molecule has 0 saturated heterocycles. The summed E-state index contributed by atoms with van der Waals surface area (Å²) in [6.07, 6.45) is 2.78. The minimum atomic E-state index is -0.636. The number of rotatable bonds is 2. The predicted molar refractivity (Wildman–Crippen MR) is 28.0 cm³/mol. The Morgan fingerprint density at radius 3 is 2.88 bits per heavy atom. The monoisotopic (exact) mass is 116 g/mol. The van der Waals surface area contributed by atoms with Crippen LogP contribution >= 0.6 is 0 Å². The van der Waals surface area contributed by atoms with E-state index in [1.807, 2.05) is 0 Å². The Morgan fingerprint density at radius 2 is 2.50 bits per heavy atom. The van der Waals surface area contributed by atoms with E-state index in [1.165, 1.54) is 6.26 Å². The van der Waals surface area contributed by atoms with Crippen LogP contribution < -0.4 is 0 Å². The average molecular weight is 116 g/mol. The van der Waals surface area contributed by atoms with Crippen molar-refractivity contribution in [1.82, 2.24) is 0 Å². The van der Waals surface area contributed by atoms with Crippen LogP contribution in [0.2, 0.25) is 0 Å². The summed E-state index contributed by atoms with van der Waals surface area (Å²) < 4.78 is 4.27. The molecular formula is C5H8O3. The van der Waals surface area contributed by atoms with Crippen LogP contribution in [0.5, 0.6) is 0 Å². The van der Waals surface area contributed by atoms with Crippen molar-refractivity contribution in [2.75, 3.05) is 6.61 Å². The van der Waals surface area contributed by atoms with Gasteiger partial charge in [0.2, 0.25) is 0 Å². The topological polar surface area (TPSA) is 46.5 Å². The van der Waals surface area contributed by atoms with E-state index < -0.39 is 12.6 Å². The Morgan fingerprint density at radius 1 is 1.88 bits per heavy atom. The van der Waals surface area contributed by atoms with Gasteiger partial charge in [-0.3, -0.25) is 0 Å². The van der Waals surface area contributed by atoms with Gasteiger partial charge in [-0.15, -0.1) is 0 Å². The molecule has 8 heavy (non-hydrogen) atoms. The van der Waals surface area contributed by atoms with Crippen LogP contribution in [-0.2, 0) is 9.53 Å². The summed E-state index contributed by atoms with van der Waals surface area (Å²) in [6, 6.07) is 0. The van der Waals surface area contributed by atoms with Crippen LogP contribution in [0.15, 0.2) is 12.3 Å². The number of allylic oxidation sites excluding steroid dienone is 1. The van der Waals surface area contributed by atoms with E-state index in [0.717, 1.165) is 0 Å². The number of ether oxygens (including phenoxy) is 1. The maximum atomic E-state index is 10.0. The minimum absolute atomic E-state index is 0.565. The molecule has 0 heterocycles. The number of aliphatic hydroxyl groups is 1. The minimum Gasteiger partial charge on any atom is -0.433 e. The van der Waals surface area contributed by atoms with Crippen molar-refractivity contribution in [2.45, 2.75) is 6.92 Å². The lowest BCUT2D eigenvalue weighted by atomic mass is 10.7. The fourth-order valence-electron chi connectivity index (χ4n) is 0.181. The molecule has 0 aromatic rings. The molecule has 0 aliphatic carbocycles. The quantitative estimate of drug-likeness (QED) is 0.409. The van der Waals surface area contributed by atoms with Crippen LogP contribution in [-0.4, -0.2) is 17.7 Å². The van der Waals surface area contributed by atoms with Crippen molar-refractivity contribution < 1.29 is 14.6 Å². The van der Waals surface area contributed by atoms with Crippen molar-refractivity contribution in [1.29, 1.82) is 0 Å². The van der Waals surface area contributed by atoms with E-state index in [1.54, 1.807) is 13.0 Å². The first-order valence-electron chi connectivity index (χ1n) is 2.22. The van der Waals surface area contributed by atoms with Crippen LogP contribution in [0, 0.1) is 0 Å². The van der Waals surface area contributed by atoms with Crippen molar-refractivity contribution in [3.05, 3.63) is 12.3 Å². The number of esters is 1. The molecule has 0 fully saturated rings. The van der Waals surface area contributed by atoms with Gasteiger partial charge in [0.05, 0.1) is 6.26 Å². The largest absolute Gasteiger partial charge is 0.433 e. The summed E-state index contributed by atoms with van der Waals surface area (Å²) in [5.41, 5.74) is 0. The zero-order valence-electron chi connectivity index (χ0n) is 4.63. The smallest absolute Gasteiger partial charge is 0.336 e. The second kappa shape index (κ2) is 4.33. The molecule has 0 atom stereocenters. The van der Waals surface area contributed by atoms with Crippen LogP contribution in [0.3, 0.4) is 0 Å². The lowest BCUT2D eigenvalue weighted by Gasteiger charge is -1.89. The normalized spacial score (nSPS) is 9.75. The highest BCUT2D eigenvalue weighted by Gasteiger charge is 1.92. The highest BCUT2D eigenvalue weighted by atomic mass is 16.5. The van der Waals surface area contributed by atoms with Gasteiger partial charge >= 0.3 is 5.97 Å². The van der Waals surface area contributed by atoms with Gasteiger partial charge in [-0.1, -0.05) is 6.08 Å². The van der Waals surface area contributed by atoms with E-state index in [4.69, 9.17) is 5.11 Å². The van der Waals surface area contributed by atoms with E-state index in [2.05, 4.69) is 4.74 Å². The molecule has 0 bridgehead atoms. The number of hydrogen-bond acceptors (Lipinski definition) is 3. The summed E-state index contributed by atoms with van der Waals surface area (Å²) in [5, 5.41) is 8.05. The molecule has 0 unspecified atom stereocenters. The first-order chi connectivity index (χ1) is 3.81. The van der Waals surface area contributed by atoms with Gasteiger partial charge in [-0.2, -0.15) is 0 Å². The summed E-state index contributed by atoms with van der Waals surface area (Å²) in [7, 11) is 0. The number of carbonyl (C=O) groups is 1. The third-order valence-electron chi connectivity index (χ3n) is 0.465. The second-order valence-corrected chi connectivity index (χ2v) is 1.12. The molecular weight excluding hydrogens is 108 g/mol. The van der Waals surface area contributed by atoms with Gasteiger partial charge < -0.3 is 9.84 Å². The average Bonchev–Trinajstić information content (AvgIpc) is 1.83. The molecule has 0 aromatic heterocycles. The summed E-state index contributed by atoms with van der Waals surface area (Å²) in [5.74, 6) is -0.636. The predicted octanol–water partition coefficient (Wildman–Crippen LogP) is 0.0555. The van der Waals surface area contributed by atoms with Gasteiger partial charge in [0.25, 0.3) is 0 Å². The van der Waals surface area contributed by atoms with E-state index in [0.29, 0.717) is 0 Å². The SMILES string of the molecule is C/C=C\OC(=O)CO. The molecule has 0 rings (SSSR count). The third-order valence-corrected chi connectivity index (χ3v) is 0.465. The van der Waals surface area contributed by atoms with Crippen LogP contribution in [0.25, 0.3) is 0 Å². The van der Waals surface area contributed by atoms with E-state index in [9.17, 15) is 4.79 Å². The van der Waals surface area contributed by atoms with Crippen LogP contribution in [0.4, 0.5) is 0 Å². The zero-order chi connectivity index (χ0) is 6.41. The molecule has 3 nitrogen and oxygen atoms in total. The van der Waals surface area contributed by atoms with Crippen molar-refractivity contribution in [3.63, 3.8) is 0 Å². The molecule has 0 amide bonds. The Kier molecular flexibility index (Phi) is 3.88. The third kappa shape index (κ3) is 3.36. The zero-order valence-corrected chi connectivity index (χ0v) is 4.63. The molecule has 0 aliphatic rings. The number of aliphatic hydroxyl groups excluding tert-OH is 1. The molecule has 3 heteroatoms. The highest BCUT2D eigenvalue weighted by molar-refractivity contribution is 5.70. The van der Waals surface area contributed by atoms with Crippen molar-refractivity contribution in [2.24, 2.45) is 0 Å². The number of hydrogen-bond donors (Lipinski definition) is 1. The maximum Gasteiger partial charge on any atom is 0.336 e. The Hall–Kier alpha value is -0.830. The van der Waals surface area contributed by atoms with Gasteiger partial charge in [-0.25, -0.2) is 4.79 Å². The molecule has 0 aliphatic heterocycles. The summed E-state index contributed by atoms with van der Waals surface area (Å²) >= 11 is 0. The Balaban J connectivity index is 3.25. The van der Waals surface area contributed by atoms with Crippen molar-refractivity contribution >= 4 is 5.97 Å². The molecule has 1 N–H and O–H groups in total. The fraction of sp³-hybridized carbons (Fsp3) is 0.400. The molecule has 46 valence electrons. The second-order valence-electron chi connectivity index (χ2n) is 1.12. The molecule has 0 spiro atoms. The standard InChI is InChI=1S/C5H8O3/c1-2-3-8-5(7)4-6/h2-3,6H,4H2,1H3/b3-2-. The molecule has 0 radical (unpaired) electrons. The lowest BCUT2D eigenvalue weighted by Crippen LogP contribution is -2.03. The van der Waals surface area contributed by atoms with Gasteiger partial charge in [0.1, 0.15) is 6.61 Å². The Labute approximate surface area is 47.6 Å². The maximum absolute atomic E-state index is 10.0. The Bertz CT molecular complexity index is 95.8. The summed E-state index contributed by atoms with van der Waals surface area (Å²) in [6.45, 7) is 1.15. The number of carbonyl (C=O) groups excluding carboxylic acids is 1. The van der Waals surface area contributed by atoms with Crippen molar-refractivity contribution in [3.8, 4) is 0 Å². The van der Waals surface area contributed by atoms with Gasteiger partial charge in [0, 0.05) is 0 Å². The van der Waals surface area contributed by atoms with Gasteiger partial charge in [0.15, 0.2) is 0 Å². The van der Waals surface area contributed by atoms with Crippen LogP contribution in [0.1, 0.15) is 6.92 Å². The first kappa shape index (κ1) is 7.17. The summed E-state index contributed by atoms with van der Waals surface area (Å²) in [4.78, 5) is 10.0. The first-order valence-corrected chi connectivity index (χ1v) is 2.22. The molecule has 0 saturated carbocycles. The molecule has 0 aromatic carbocycles. The van der Waals surface area contributed by atoms with E-state index in [-0.39, 0.29) is 0 Å². The lowest BCUT2D eigenvalue weighted by molar-refractivity contribution is -0.141. The van der Waals surface area contributed by atoms with Gasteiger partial charge in [-0.05, 0) is 6.92 Å². The fourth-order valence-corrected chi connectivity index (χ4v) is 0.181. The van der Waals surface area contributed by atoms with E-state index >= 15 is 0 Å². The highest BCUT2D eigenvalue weighted by Crippen LogP contribution is 1.76.